The van der Waals surface area contributed by atoms with Crippen molar-refractivity contribution in [3.8, 4) is 0 Å². The van der Waals surface area contributed by atoms with E-state index < -0.39 is 10.8 Å². The molecule has 2 aliphatic heterocycles. The number of piperazine rings is 1. The Balaban J connectivity index is 1.30. The number of nitrogens with zero attached hydrogens (tertiary/aromatic N) is 3. The predicted molar refractivity (Wildman–Crippen MR) is 145 cm³/mol. The maximum Gasteiger partial charge on any atom is 0.289 e. The highest BCUT2D eigenvalue weighted by molar-refractivity contribution is 7.85. The number of carbonyl (C=O) groups is 3. The van der Waals surface area contributed by atoms with Gasteiger partial charge in [0.25, 0.3) is 17.7 Å². The topological polar surface area (TPSA) is 91.1 Å². The van der Waals surface area contributed by atoms with E-state index >= 15 is 0 Å². The van der Waals surface area contributed by atoms with Gasteiger partial charge in [0.2, 0.25) is 0 Å². The number of anilines is 1. The molecule has 1 saturated heterocycles. The smallest absolute Gasteiger partial charge is 0.289 e. The SMILES string of the molecule is O=C(c1ccc2c(c1)N(Cc1ccccc1)C(=O)c1ccccc1[S@@]2=O)N1CCN(C(=O)c2ccco2)CC1. The van der Waals surface area contributed by atoms with Gasteiger partial charge in [0, 0.05) is 31.7 Å². The summed E-state index contributed by atoms with van der Waals surface area (Å²) in [4.78, 5) is 45.8. The summed E-state index contributed by atoms with van der Waals surface area (Å²) in [6, 6.07) is 24.8. The van der Waals surface area contributed by atoms with Gasteiger partial charge >= 0.3 is 0 Å². The maximum atomic E-state index is 13.8. The maximum absolute atomic E-state index is 13.8. The van der Waals surface area contributed by atoms with Crippen LogP contribution in [-0.4, -0.2) is 57.9 Å². The monoisotopic (exact) mass is 539 g/mol. The molecule has 39 heavy (non-hydrogen) atoms. The summed E-state index contributed by atoms with van der Waals surface area (Å²) in [6.45, 7) is 1.77. The number of amides is 3. The van der Waals surface area contributed by atoms with Crippen LogP contribution in [0, 0.1) is 0 Å². The number of hydrogen-bond acceptors (Lipinski definition) is 5. The Bertz CT molecular complexity index is 1580. The Morgan fingerprint density at radius 3 is 2.18 bits per heavy atom. The van der Waals surface area contributed by atoms with E-state index in [9.17, 15) is 18.6 Å². The zero-order chi connectivity index (χ0) is 26.9. The molecule has 0 aliphatic carbocycles. The van der Waals surface area contributed by atoms with Gasteiger partial charge in [-0.1, -0.05) is 42.5 Å². The summed E-state index contributed by atoms with van der Waals surface area (Å²) < 4.78 is 18.9. The minimum absolute atomic E-state index is 0.200. The molecule has 9 heteroatoms. The molecule has 2 aliphatic rings. The average Bonchev–Trinajstić information content (AvgIpc) is 3.52. The lowest BCUT2D eigenvalue weighted by molar-refractivity contribution is 0.0518. The Morgan fingerprint density at radius 2 is 1.46 bits per heavy atom. The van der Waals surface area contributed by atoms with E-state index in [4.69, 9.17) is 4.42 Å². The Kier molecular flexibility index (Phi) is 6.58. The lowest BCUT2D eigenvalue weighted by Gasteiger charge is -2.34. The molecule has 0 saturated carbocycles. The molecule has 0 unspecified atom stereocenters. The molecule has 3 amide bonds. The van der Waals surface area contributed by atoms with Gasteiger partial charge in [-0.25, -0.2) is 4.21 Å². The highest BCUT2D eigenvalue weighted by Crippen LogP contribution is 2.36. The Morgan fingerprint density at radius 1 is 0.769 bits per heavy atom. The zero-order valence-electron chi connectivity index (χ0n) is 21.0. The minimum Gasteiger partial charge on any atom is -0.459 e. The second kappa shape index (κ2) is 10.3. The van der Waals surface area contributed by atoms with Gasteiger partial charge in [-0.2, -0.15) is 0 Å². The average molecular weight is 540 g/mol. The molecular formula is C30H25N3O5S. The van der Waals surface area contributed by atoms with Crippen LogP contribution in [0.15, 0.2) is 105 Å². The molecule has 3 aromatic carbocycles. The number of fused-ring (bicyclic) bond motifs is 2. The fraction of sp³-hybridized carbons (Fsp3) is 0.167. The summed E-state index contributed by atoms with van der Waals surface area (Å²) in [5.74, 6) is -0.398. The van der Waals surface area contributed by atoms with Crippen molar-refractivity contribution in [2.75, 3.05) is 31.1 Å². The van der Waals surface area contributed by atoms with Crippen molar-refractivity contribution in [1.29, 1.82) is 0 Å². The first kappa shape index (κ1) is 24.8. The van der Waals surface area contributed by atoms with Crippen LogP contribution in [0.25, 0.3) is 0 Å². The molecule has 0 N–H and O–H groups in total. The van der Waals surface area contributed by atoms with Crippen LogP contribution in [0.3, 0.4) is 0 Å². The fourth-order valence-electron chi connectivity index (χ4n) is 4.97. The number of carbonyl (C=O) groups excluding carboxylic acids is 3. The zero-order valence-corrected chi connectivity index (χ0v) is 21.8. The molecule has 3 heterocycles. The third-order valence-electron chi connectivity index (χ3n) is 7.03. The first-order valence-electron chi connectivity index (χ1n) is 12.6. The quantitative estimate of drug-likeness (QED) is 0.388. The third kappa shape index (κ3) is 4.66. The summed E-state index contributed by atoms with van der Waals surface area (Å²) in [5, 5.41) is 0. The number of rotatable bonds is 4. The van der Waals surface area contributed by atoms with Gasteiger partial charge in [0.1, 0.15) is 0 Å². The van der Waals surface area contributed by atoms with Crippen LogP contribution in [-0.2, 0) is 17.3 Å². The standard InChI is InChI=1S/C30H25N3O5S/c34-28(31-14-16-32(17-15-31)30(36)25-10-6-18-38-25)22-12-13-27-24(19-22)33(20-21-7-2-1-3-8-21)29(35)23-9-4-5-11-26(23)39(27)37/h1-13,18-19H,14-17,20H2/t39-/m0/s1. The van der Waals surface area contributed by atoms with E-state index in [0.717, 1.165) is 5.56 Å². The van der Waals surface area contributed by atoms with E-state index in [1.54, 1.807) is 69.3 Å². The first-order valence-corrected chi connectivity index (χ1v) is 13.8. The number of benzene rings is 3. The lowest BCUT2D eigenvalue weighted by atomic mass is 10.1. The van der Waals surface area contributed by atoms with E-state index in [1.165, 1.54) is 6.26 Å². The second-order valence-corrected chi connectivity index (χ2v) is 10.8. The summed E-state index contributed by atoms with van der Waals surface area (Å²) in [5.41, 5.74) is 2.15. The lowest BCUT2D eigenvalue weighted by Crippen LogP contribution is -2.50. The molecule has 1 aromatic heterocycles. The molecule has 1 atom stereocenters. The molecule has 8 nitrogen and oxygen atoms in total. The van der Waals surface area contributed by atoms with Crippen LogP contribution in [0.5, 0.6) is 0 Å². The molecule has 0 spiro atoms. The van der Waals surface area contributed by atoms with Crippen molar-refractivity contribution in [1.82, 2.24) is 9.80 Å². The molecular weight excluding hydrogens is 514 g/mol. The van der Waals surface area contributed by atoms with Gasteiger partial charge in [-0.15, -0.1) is 0 Å². The number of hydrogen-bond donors (Lipinski definition) is 0. The van der Waals surface area contributed by atoms with Crippen LogP contribution in [0.1, 0.15) is 36.8 Å². The van der Waals surface area contributed by atoms with E-state index in [0.29, 0.717) is 52.8 Å². The molecule has 0 bridgehead atoms. The van der Waals surface area contributed by atoms with Gasteiger partial charge < -0.3 is 19.1 Å². The normalized spacial score (nSPS) is 16.9. The van der Waals surface area contributed by atoms with Gasteiger partial charge in [-0.05, 0) is 48.0 Å². The Hall–Kier alpha value is -4.50. The third-order valence-corrected chi connectivity index (χ3v) is 8.53. The van der Waals surface area contributed by atoms with E-state index in [1.807, 2.05) is 30.3 Å². The van der Waals surface area contributed by atoms with Crippen LogP contribution in [0.2, 0.25) is 0 Å². The van der Waals surface area contributed by atoms with Crippen molar-refractivity contribution in [3.63, 3.8) is 0 Å². The molecule has 0 radical (unpaired) electrons. The van der Waals surface area contributed by atoms with Crippen molar-refractivity contribution < 1.29 is 23.0 Å². The highest BCUT2D eigenvalue weighted by Gasteiger charge is 2.33. The summed E-state index contributed by atoms with van der Waals surface area (Å²) in [7, 11) is -1.60. The largest absolute Gasteiger partial charge is 0.459 e. The van der Waals surface area contributed by atoms with Crippen LogP contribution in [0.4, 0.5) is 5.69 Å². The molecule has 6 rings (SSSR count). The molecule has 196 valence electrons. The van der Waals surface area contributed by atoms with Crippen molar-refractivity contribution in [3.05, 3.63) is 114 Å². The number of furan rings is 1. The Labute approximate surface area is 227 Å². The van der Waals surface area contributed by atoms with Gasteiger partial charge in [0.05, 0.1) is 44.6 Å². The second-order valence-electron chi connectivity index (χ2n) is 9.39. The summed E-state index contributed by atoms with van der Waals surface area (Å²) >= 11 is 0. The molecule has 4 aromatic rings. The fourth-order valence-corrected chi connectivity index (χ4v) is 6.32. The summed E-state index contributed by atoms with van der Waals surface area (Å²) in [6.07, 6.45) is 1.46. The van der Waals surface area contributed by atoms with Gasteiger partial charge in [0.15, 0.2) is 5.76 Å². The van der Waals surface area contributed by atoms with Crippen LogP contribution >= 0.6 is 0 Å². The molecule has 1 fully saturated rings. The first-order chi connectivity index (χ1) is 19.0. The highest BCUT2D eigenvalue weighted by atomic mass is 32.2. The minimum atomic E-state index is -1.60. The van der Waals surface area contributed by atoms with E-state index in [-0.39, 0.29) is 30.0 Å². The van der Waals surface area contributed by atoms with Gasteiger partial charge in [-0.3, -0.25) is 14.4 Å². The van der Waals surface area contributed by atoms with Crippen LogP contribution < -0.4 is 4.90 Å². The van der Waals surface area contributed by atoms with Crippen molar-refractivity contribution in [2.24, 2.45) is 0 Å². The van der Waals surface area contributed by atoms with Crippen molar-refractivity contribution in [2.45, 2.75) is 16.3 Å². The predicted octanol–water partition coefficient (Wildman–Crippen LogP) is 4.20. The van der Waals surface area contributed by atoms with E-state index in [2.05, 4.69) is 0 Å². The van der Waals surface area contributed by atoms with Crippen molar-refractivity contribution >= 4 is 34.2 Å².